The fourth-order valence-corrected chi connectivity index (χ4v) is 3.72. The van der Waals surface area contributed by atoms with Crippen LogP contribution in [-0.4, -0.2) is 27.6 Å². The summed E-state index contributed by atoms with van der Waals surface area (Å²) in [5, 5.41) is 10.3. The molecule has 172 valence electrons. The molecule has 1 N–H and O–H groups in total. The lowest BCUT2D eigenvalue weighted by Crippen LogP contribution is -2.55. The van der Waals surface area contributed by atoms with Crippen molar-refractivity contribution in [2.45, 2.75) is 31.4 Å². The van der Waals surface area contributed by atoms with Gasteiger partial charge < -0.3 is 9.67 Å². The van der Waals surface area contributed by atoms with E-state index in [1.165, 1.54) is 10.6 Å². The summed E-state index contributed by atoms with van der Waals surface area (Å²) in [5.74, 6) is -0.870. The fraction of sp³-hybridized carbons (Fsp3) is 0.238. The maximum Gasteiger partial charge on any atom is 0.430 e. The van der Waals surface area contributed by atoms with Crippen LogP contribution in [0.2, 0.25) is 10.0 Å². The molecular formula is C21H14Cl2F7NO. The summed E-state index contributed by atoms with van der Waals surface area (Å²) in [5.41, 5.74) is -4.14. The van der Waals surface area contributed by atoms with E-state index in [2.05, 4.69) is 0 Å². The van der Waals surface area contributed by atoms with Crippen molar-refractivity contribution in [2.75, 3.05) is 0 Å². The standard InChI is InChI=1S/C21H14Cl2F7NO/c1-11-9-31(10-13-2-3-14(22)7-17(13)23)18-12(6-15(24)8-16(11)18)4-5-19(32,20(25,26)27)21(28,29)30/h2-9,32H,10H2,1H3. The molecule has 3 aromatic rings. The minimum absolute atomic E-state index is 0.0790. The molecule has 1 aromatic heterocycles. The lowest BCUT2D eigenvalue weighted by atomic mass is 9.99. The summed E-state index contributed by atoms with van der Waals surface area (Å²) in [4.78, 5) is 0. The first-order chi connectivity index (χ1) is 14.6. The Morgan fingerprint density at radius 3 is 2.19 bits per heavy atom. The number of alkyl halides is 6. The van der Waals surface area contributed by atoms with Crippen LogP contribution < -0.4 is 0 Å². The molecule has 0 saturated heterocycles. The molecule has 0 saturated carbocycles. The topological polar surface area (TPSA) is 25.2 Å². The summed E-state index contributed by atoms with van der Waals surface area (Å²) >= 11 is 12.0. The number of fused-ring (bicyclic) bond motifs is 1. The van der Waals surface area contributed by atoms with Gasteiger partial charge >= 0.3 is 12.4 Å². The smallest absolute Gasteiger partial charge is 0.370 e. The van der Waals surface area contributed by atoms with E-state index in [1.807, 2.05) is 0 Å². The van der Waals surface area contributed by atoms with Crippen molar-refractivity contribution >= 4 is 40.2 Å². The molecule has 11 heteroatoms. The number of aliphatic hydroxyl groups is 1. The van der Waals surface area contributed by atoms with Crippen molar-refractivity contribution in [3.8, 4) is 0 Å². The minimum atomic E-state index is -6.04. The van der Waals surface area contributed by atoms with E-state index in [-0.39, 0.29) is 23.0 Å². The molecule has 32 heavy (non-hydrogen) atoms. The third-order valence-electron chi connectivity index (χ3n) is 4.89. The van der Waals surface area contributed by atoms with E-state index in [1.54, 1.807) is 25.3 Å². The molecule has 0 aliphatic rings. The van der Waals surface area contributed by atoms with E-state index in [0.717, 1.165) is 12.1 Å². The second kappa shape index (κ2) is 8.28. The molecule has 0 aliphatic carbocycles. The van der Waals surface area contributed by atoms with Gasteiger partial charge in [0.1, 0.15) is 5.82 Å². The Morgan fingerprint density at radius 2 is 1.62 bits per heavy atom. The quantitative estimate of drug-likeness (QED) is 0.374. The number of hydrogen-bond acceptors (Lipinski definition) is 1. The molecule has 2 aromatic carbocycles. The number of benzene rings is 2. The summed E-state index contributed by atoms with van der Waals surface area (Å²) in [7, 11) is 0. The first-order valence-electron chi connectivity index (χ1n) is 8.92. The van der Waals surface area contributed by atoms with Crippen LogP contribution in [0.25, 0.3) is 17.0 Å². The third kappa shape index (κ3) is 4.46. The number of aryl methyl sites for hydroxylation is 1. The van der Waals surface area contributed by atoms with Gasteiger partial charge in [-0.3, -0.25) is 0 Å². The van der Waals surface area contributed by atoms with Crippen LogP contribution >= 0.6 is 23.2 Å². The van der Waals surface area contributed by atoms with Gasteiger partial charge in [-0.05, 0) is 48.4 Å². The molecule has 0 spiro atoms. The van der Waals surface area contributed by atoms with E-state index < -0.39 is 29.8 Å². The van der Waals surface area contributed by atoms with Gasteiger partial charge in [0.2, 0.25) is 0 Å². The number of hydrogen-bond donors (Lipinski definition) is 1. The lowest BCUT2D eigenvalue weighted by Gasteiger charge is -2.29. The van der Waals surface area contributed by atoms with Crippen LogP contribution in [0, 0.1) is 12.7 Å². The summed E-state index contributed by atoms with van der Waals surface area (Å²) < 4.78 is 93.7. The molecule has 0 aliphatic heterocycles. The van der Waals surface area contributed by atoms with Gasteiger partial charge in [0, 0.05) is 33.7 Å². The van der Waals surface area contributed by atoms with Crippen LogP contribution in [0.3, 0.4) is 0 Å². The van der Waals surface area contributed by atoms with Crippen LogP contribution in [0.4, 0.5) is 30.7 Å². The zero-order valence-electron chi connectivity index (χ0n) is 16.1. The molecule has 0 radical (unpaired) electrons. The minimum Gasteiger partial charge on any atom is -0.370 e. The van der Waals surface area contributed by atoms with Crippen LogP contribution in [0.1, 0.15) is 16.7 Å². The highest BCUT2D eigenvalue weighted by atomic mass is 35.5. The number of aromatic nitrogens is 1. The second-order valence-electron chi connectivity index (χ2n) is 7.16. The highest BCUT2D eigenvalue weighted by molar-refractivity contribution is 6.35. The van der Waals surface area contributed by atoms with Crippen molar-refractivity contribution in [3.05, 3.63) is 75.2 Å². The van der Waals surface area contributed by atoms with Crippen LogP contribution in [0.15, 0.2) is 42.6 Å². The Morgan fingerprint density at radius 1 is 1.00 bits per heavy atom. The molecule has 0 unspecified atom stereocenters. The fourth-order valence-electron chi connectivity index (χ4n) is 3.25. The van der Waals surface area contributed by atoms with Gasteiger partial charge in [0.25, 0.3) is 5.60 Å². The lowest BCUT2D eigenvalue weighted by molar-refractivity contribution is -0.347. The Bertz CT molecular complexity index is 1180. The van der Waals surface area contributed by atoms with Crippen LogP contribution in [-0.2, 0) is 6.54 Å². The maximum absolute atomic E-state index is 14.1. The Balaban J connectivity index is 2.18. The van der Waals surface area contributed by atoms with Crippen molar-refractivity contribution in [1.29, 1.82) is 0 Å². The van der Waals surface area contributed by atoms with Gasteiger partial charge in [0.05, 0.1) is 5.52 Å². The summed E-state index contributed by atoms with van der Waals surface area (Å²) in [6.07, 6.45) is -10.5. The van der Waals surface area contributed by atoms with Crippen LogP contribution in [0.5, 0.6) is 0 Å². The Hall–Kier alpha value is -2.23. The molecule has 0 amide bonds. The first-order valence-corrected chi connectivity index (χ1v) is 9.67. The predicted molar refractivity (Wildman–Crippen MR) is 108 cm³/mol. The number of rotatable bonds is 4. The van der Waals surface area contributed by atoms with E-state index in [4.69, 9.17) is 23.2 Å². The van der Waals surface area contributed by atoms with E-state index >= 15 is 0 Å². The molecule has 1 heterocycles. The van der Waals surface area contributed by atoms with Crippen molar-refractivity contribution in [1.82, 2.24) is 4.57 Å². The maximum atomic E-state index is 14.1. The van der Waals surface area contributed by atoms with Crippen molar-refractivity contribution in [2.24, 2.45) is 0 Å². The molecule has 0 fully saturated rings. The molecular weight excluding hydrogens is 486 g/mol. The normalized spacial score (nSPS) is 13.5. The predicted octanol–water partition coefficient (Wildman–Crippen LogP) is 7.31. The average Bonchev–Trinajstić information content (AvgIpc) is 2.95. The average molecular weight is 500 g/mol. The first kappa shape index (κ1) is 24.4. The number of halogens is 9. The van der Waals surface area contributed by atoms with Gasteiger partial charge in [-0.25, -0.2) is 4.39 Å². The summed E-state index contributed by atoms with van der Waals surface area (Å²) in [6, 6.07) is 6.54. The largest absolute Gasteiger partial charge is 0.430 e. The van der Waals surface area contributed by atoms with Crippen molar-refractivity contribution < 1.29 is 35.8 Å². The zero-order chi connectivity index (χ0) is 24.1. The molecule has 3 rings (SSSR count). The van der Waals surface area contributed by atoms with Gasteiger partial charge in [-0.2, -0.15) is 26.3 Å². The number of nitrogens with zero attached hydrogens (tertiary/aromatic N) is 1. The van der Waals surface area contributed by atoms with E-state index in [9.17, 15) is 35.8 Å². The molecule has 2 nitrogen and oxygen atoms in total. The van der Waals surface area contributed by atoms with Gasteiger partial charge in [-0.15, -0.1) is 0 Å². The molecule has 0 atom stereocenters. The second-order valence-corrected chi connectivity index (χ2v) is 8.01. The monoisotopic (exact) mass is 499 g/mol. The highest BCUT2D eigenvalue weighted by Gasteiger charge is 2.68. The summed E-state index contributed by atoms with van der Waals surface area (Å²) in [6.45, 7) is 1.69. The molecule has 0 bridgehead atoms. The van der Waals surface area contributed by atoms with Gasteiger partial charge in [0.15, 0.2) is 0 Å². The Kier molecular flexibility index (Phi) is 6.32. The SMILES string of the molecule is Cc1cn(Cc2ccc(Cl)cc2Cl)c2c(C=CC(O)(C(F)(F)F)C(F)(F)F)cc(F)cc12. The van der Waals surface area contributed by atoms with Gasteiger partial charge in [-0.1, -0.05) is 35.3 Å². The highest BCUT2D eigenvalue weighted by Crippen LogP contribution is 2.44. The van der Waals surface area contributed by atoms with Crippen molar-refractivity contribution in [3.63, 3.8) is 0 Å². The Labute approximate surface area is 187 Å². The zero-order valence-corrected chi connectivity index (χ0v) is 17.6. The van der Waals surface area contributed by atoms with E-state index in [0.29, 0.717) is 27.2 Å². The third-order valence-corrected chi connectivity index (χ3v) is 5.48.